The summed E-state index contributed by atoms with van der Waals surface area (Å²) < 4.78 is 0. The monoisotopic (exact) mass is 139 g/mol. The van der Waals surface area contributed by atoms with E-state index in [-0.39, 0.29) is 0 Å². The van der Waals surface area contributed by atoms with Gasteiger partial charge in [-0.3, -0.25) is 10.0 Å². The van der Waals surface area contributed by atoms with Gasteiger partial charge in [-0.05, 0) is 6.42 Å². The van der Waals surface area contributed by atoms with Crippen molar-refractivity contribution in [2.45, 2.75) is 19.8 Å². The number of hydrazone groups is 1. The van der Waals surface area contributed by atoms with Gasteiger partial charge in [-0.2, -0.15) is 5.10 Å². The Morgan fingerprint density at radius 3 is 3.30 bits per heavy atom. The van der Waals surface area contributed by atoms with Gasteiger partial charge in [0.1, 0.15) is 6.67 Å². The molecule has 0 saturated heterocycles. The predicted molar refractivity (Wildman–Crippen MR) is 43.5 cm³/mol. The van der Waals surface area contributed by atoms with Crippen LogP contribution < -0.4 is 0 Å². The van der Waals surface area contributed by atoms with E-state index in [1.807, 2.05) is 17.4 Å². The molecule has 0 aromatic rings. The van der Waals surface area contributed by atoms with Crippen LogP contribution in [0.3, 0.4) is 0 Å². The summed E-state index contributed by atoms with van der Waals surface area (Å²) in [5, 5.41) is 6.17. The molecular formula is C7H13N3. The smallest absolute Gasteiger partial charge is 0.125 e. The summed E-state index contributed by atoms with van der Waals surface area (Å²) in [7, 11) is 0. The predicted octanol–water partition coefficient (Wildman–Crippen LogP) is 1.12. The minimum absolute atomic E-state index is 0.733. The van der Waals surface area contributed by atoms with E-state index < -0.39 is 0 Å². The molecule has 0 unspecified atom stereocenters. The molecule has 0 fully saturated rings. The van der Waals surface area contributed by atoms with Crippen LogP contribution in [-0.2, 0) is 0 Å². The molecule has 0 spiro atoms. The first-order chi connectivity index (χ1) is 4.93. The number of nitrogens with zero attached hydrogens (tertiary/aromatic N) is 3. The molecule has 1 aliphatic heterocycles. The van der Waals surface area contributed by atoms with E-state index in [0.29, 0.717) is 0 Å². The highest BCUT2D eigenvalue weighted by Crippen LogP contribution is 1.96. The van der Waals surface area contributed by atoms with E-state index in [1.54, 1.807) is 0 Å². The second kappa shape index (κ2) is 4.04. The lowest BCUT2D eigenvalue weighted by atomic mass is 10.4. The fourth-order valence-corrected chi connectivity index (χ4v) is 0.812. The molecule has 0 aromatic heterocycles. The number of rotatable bonds is 2. The maximum absolute atomic E-state index is 4.20. The van der Waals surface area contributed by atoms with E-state index in [9.17, 15) is 0 Å². The minimum atomic E-state index is 0.733. The van der Waals surface area contributed by atoms with Crippen LogP contribution in [0.5, 0.6) is 0 Å². The molecule has 1 aliphatic rings. The van der Waals surface area contributed by atoms with Gasteiger partial charge in [-0.25, -0.2) is 0 Å². The molecule has 0 aliphatic carbocycles. The largest absolute Gasteiger partial charge is 0.275 e. The zero-order valence-electron chi connectivity index (χ0n) is 6.32. The average molecular weight is 139 g/mol. The summed E-state index contributed by atoms with van der Waals surface area (Å²) in [5.74, 6) is 0. The highest BCUT2D eigenvalue weighted by atomic mass is 15.5. The Morgan fingerprint density at radius 2 is 2.70 bits per heavy atom. The van der Waals surface area contributed by atoms with E-state index in [1.165, 1.54) is 0 Å². The van der Waals surface area contributed by atoms with Gasteiger partial charge in [0.05, 0.1) is 0 Å². The Bertz CT molecular complexity index is 140. The summed E-state index contributed by atoms with van der Waals surface area (Å²) in [6, 6.07) is 0. The molecule has 0 amide bonds. The van der Waals surface area contributed by atoms with Crippen molar-refractivity contribution in [3.05, 3.63) is 0 Å². The third-order valence-electron chi connectivity index (χ3n) is 1.32. The van der Waals surface area contributed by atoms with Gasteiger partial charge in [0.2, 0.25) is 0 Å². The van der Waals surface area contributed by atoms with Crippen LogP contribution in [0.25, 0.3) is 0 Å². The van der Waals surface area contributed by atoms with Gasteiger partial charge in [0.25, 0.3) is 0 Å². The lowest BCUT2D eigenvalue weighted by Gasteiger charge is -2.18. The molecule has 10 heavy (non-hydrogen) atoms. The van der Waals surface area contributed by atoms with Crippen molar-refractivity contribution in [1.29, 1.82) is 0 Å². The Hall–Kier alpha value is -0.860. The molecule has 56 valence electrons. The van der Waals surface area contributed by atoms with Crippen molar-refractivity contribution in [3.63, 3.8) is 0 Å². The van der Waals surface area contributed by atoms with Crippen LogP contribution in [0, 0.1) is 0 Å². The van der Waals surface area contributed by atoms with Crippen LogP contribution >= 0.6 is 0 Å². The van der Waals surface area contributed by atoms with E-state index >= 15 is 0 Å². The average Bonchev–Trinajstić information content (AvgIpc) is 2.03. The Labute approximate surface area is 61.4 Å². The van der Waals surface area contributed by atoms with Gasteiger partial charge in [-0.1, -0.05) is 6.92 Å². The van der Waals surface area contributed by atoms with Crippen LogP contribution in [0.1, 0.15) is 19.8 Å². The summed E-state index contributed by atoms with van der Waals surface area (Å²) in [4.78, 5) is 4.10. The lowest BCUT2D eigenvalue weighted by molar-refractivity contribution is 0.299. The Kier molecular flexibility index (Phi) is 2.93. The van der Waals surface area contributed by atoms with Crippen LogP contribution in [-0.4, -0.2) is 30.7 Å². The summed E-state index contributed by atoms with van der Waals surface area (Å²) in [6.07, 6.45) is 5.90. The second-order valence-corrected chi connectivity index (χ2v) is 2.23. The Morgan fingerprint density at radius 1 is 1.80 bits per heavy atom. The normalized spacial score (nSPS) is 18.7. The van der Waals surface area contributed by atoms with Crippen LogP contribution in [0.15, 0.2) is 10.1 Å². The van der Waals surface area contributed by atoms with Gasteiger partial charge in [-0.15, -0.1) is 0 Å². The highest BCUT2D eigenvalue weighted by molar-refractivity contribution is 5.58. The minimum Gasteiger partial charge on any atom is -0.275 e. The van der Waals surface area contributed by atoms with E-state index in [0.717, 1.165) is 26.1 Å². The molecule has 0 atom stereocenters. The molecule has 0 aromatic carbocycles. The van der Waals surface area contributed by atoms with Crippen LogP contribution in [0.4, 0.5) is 0 Å². The molecular weight excluding hydrogens is 126 g/mol. The van der Waals surface area contributed by atoms with Crippen molar-refractivity contribution < 1.29 is 0 Å². The van der Waals surface area contributed by atoms with Crippen molar-refractivity contribution in [2.24, 2.45) is 10.1 Å². The van der Waals surface area contributed by atoms with Crippen molar-refractivity contribution >= 4 is 12.4 Å². The van der Waals surface area contributed by atoms with Gasteiger partial charge >= 0.3 is 0 Å². The number of hydrogen-bond acceptors (Lipinski definition) is 3. The first-order valence-corrected chi connectivity index (χ1v) is 3.69. The molecule has 3 heteroatoms. The van der Waals surface area contributed by atoms with Crippen LogP contribution in [0.2, 0.25) is 0 Å². The number of aliphatic imine (C=N–C) groups is 1. The lowest BCUT2D eigenvalue weighted by Crippen LogP contribution is -2.22. The summed E-state index contributed by atoms with van der Waals surface area (Å²) in [5.41, 5.74) is 0. The molecule has 1 rings (SSSR count). The summed E-state index contributed by atoms with van der Waals surface area (Å²) in [6.45, 7) is 3.83. The standard InChI is InChI=1S/C7H13N3/c1-2-4-9-10-6-3-5-8-7-10/h4-5H,2-3,6-7H2,1H3/b9-4-. The maximum Gasteiger partial charge on any atom is 0.125 e. The number of hydrogen-bond donors (Lipinski definition) is 0. The first-order valence-electron chi connectivity index (χ1n) is 3.69. The molecule has 3 nitrogen and oxygen atoms in total. The van der Waals surface area contributed by atoms with Gasteiger partial charge in [0.15, 0.2) is 0 Å². The zero-order chi connectivity index (χ0) is 7.23. The van der Waals surface area contributed by atoms with Crippen molar-refractivity contribution in [1.82, 2.24) is 5.01 Å². The third-order valence-corrected chi connectivity index (χ3v) is 1.32. The van der Waals surface area contributed by atoms with Crippen molar-refractivity contribution in [3.8, 4) is 0 Å². The van der Waals surface area contributed by atoms with Gasteiger partial charge in [0, 0.05) is 25.4 Å². The molecule has 0 saturated carbocycles. The Balaban J connectivity index is 2.28. The third kappa shape index (κ3) is 2.17. The van der Waals surface area contributed by atoms with Gasteiger partial charge < -0.3 is 0 Å². The van der Waals surface area contributed by atoms with E-state index in [2.05, 4.69) is 17.0 Å². The second-order valence-electron chi connectivity index (χ2n) is 2.23. The van der Waals surface area contributed by atoms with Crippen molar-refractivity contribution in [2.75, 3.05) is 13.2 Å². The van der Waals surface area contributed by atoms with E-state index in [4.69, 9.17) is 0 Å². The highest BCUT2D eigenvalue weighted by Gasteiger charge is 2.00. The fourth-order valence-electron chi connectivity index (χ4n) is 0.812. The summed E-state index contributed by atoms with van der Waals surface area (Å²) >= 11 is 0. The maximum atomic E-state index is 4.20. The zero-order valence-corrected chi connectivity index (χ0v) is 6.32. The first kappa shape index (κ1) is 7.25. The topological polar surface area (TPSA) is 28.0 Å². The molecule has 0 radical (unpaired) electrons. The quantitative estimate of drug-likeness (QED) is 0.527. The fraction of sp³-hybridized carbons (Fsp3) is 0.714. The molecule has 0 N–H and O–H groups in total. The SMILES string of the molecule is CC/C=N\N1CCC=NC1. The molecule has 1 heterocycles. The molecule has 0 bridgehead atoms.